The predicted molar refractivity (Wildman–Crippen MR) is 88.3 cm³/mol. The van der Waals surface area contributed by atoms with E-state index in [2.05, 4.69) is 0 Å². The second-order valence-electron chi connectivity index (χ2n) is 4.75. The first-order valence-corrected chi connectivity index (χ1v) is 7.04. The minimum Gasteiger partial charge on any atom is -0.526 e. The van der Waals surface area contributed by atoms with Crippen LogP contribution >= 0.6 is 0 Å². The molecule has 2 aromatic carbocycles. The van der Waals surface area contributed by atoms with E-state index in [4.69, 9.17) is 29.0 Å². The number of carboxylic acids is 2. The lowest BCUT2D eigenvalue weighted by atomic mass is 10.2. The van der Waals surface area contributed by atoms with Crippen LogP contribution in [0.25, 0.3) is 0 Å². The molecular formula is C16H15BO8. The van der Waals surface area contributed by atoms with Gasteiger partial charge in [0.2, 0.25) is 0 Å². The second-order valence-corrected chi connectivity index (χ2v) is 4.75. The molecule has 0 unspecified atom stereocenters. The van der Waals surface area contributed by atoms with Crippen LogP contribution in [0.1, 0.15) is 20.7 Å². The van der Waals surface area contributed by atoms with Gasteiger partial charge in [-0.15, -0.1) is 0 Å². The Hall–Kier alpha value is -3.36. The Bertz CT molecular complexity index is 724. The number of carboxylic acid groups (broad SMARTS) is 2. The zero-order valence-corrected chi connectivity index (χ0v) is 13.5. The maximum atomic E-state index is 10.9. The number of carbonyl (C=O) groups is 2. The largest absolute Gasteiger partial charge is 0.576 e. The Morgan fingerprint density at radius 2 is 1.16 bits per heavy atom. The zero-order chi connectivity index (χ0) is 18.4. The molecule has 2 aromatic rings. The molecule has 0 aromatic heterocycles. The van der Waals surface area contributed by atoms with E-state index in [0.29, 0.717) is 11.5 Å². The molecule has 0 heterocycles. The number of ether oxygens (including phenoxy) is 2. The lowest BCUT2D eigenvalue weighted by molar-refractivity contribution is 0.0685. The standard InChI is InChI=1S/C16H15BO8/c1-22-13-7-9(15(18)19)3-5-11(13)24-17-25-12-6-4-10(16(20)21)8-14(12)23-2/h3-8,17H,1-2H3,(H,18,19)(H,20,21). The van der Waals surface area contributed by atoms with Gasteiger partial charge in [-0.2, -0.15) is 0 Å². The third-order valence-electron chi connectivity index (χ3n) is 3.25. The van der Waals surface area contributed by atoms with Crippen molar-refractivity contribution in [2.45, 2.75) is 0 Å². The highest BCUT2D eigenvalue weighted by atomic mass is 16.6. The molecule has 2 rings (SSSR count). The molecule has 0 radical (unpaired) electrons. The summed E-state index contributed by atoms with van der Waals surface area (Å²) in [5, 5.41) is 17.9. The zero-order valence-electron chi connectivity index (χ0n) is 13.5. The van der Waals surface area contributed by atoms with Gasteiger partial charge < -0.3 is 29.0 Å². The lowest BCUT2D eigenvalue weighted by Crippen LogP contribution is -2.12. The van der Waals surface area contributed by atoms with Gasteiger partial charge in [-0.25, -0.2) is 9.59 Å². The van der Waals surface area contributed by atoms with Crippen molar-refractivity contribution in [1.29, 1.82) is 0 Å². The van der Waals surface area contributed by atoms with Crippen molar-refractivity contribution >= 4 is 19.6 Å². The maximum Gasteiger partial charge on any atom is 0.576 e. The summed E-state index contributed by atoms with van der Waals surface area (Å²) in [6, 6.07) is 8.33. The van der Waals surface area contributed by atoms with Gasteiger partial charge in [-0.1, -0.05) is 0 Å². The van der Waals surface area contributed by atoms with Crippen molar-refractivity contribution in [2.24, 2.45) is 0 Å². The van der Waals surface area contributed by atoms with Crippen LogP contribution in [0.4, 0.5) is 0 Å². The van der Waals surface area contributed by atoms with E-state index in [-0.39, 0.29) is 30.3 Å². The first-order valence-electron chi connectivity index (χ1n) is 7.04. The van der Waals surface area contributed by atoms with E-state index >= 15 is 0 Å². The van der Waals surface area contributed by atoms with Crippen molar-refractivity contribution in [2.75, 3.05) is 14.2 Å². The first-order chi connectivity index (χ1) is 12.0. The Kier molecular flexibility index (Phi) is 5.73. The van der Waals surface area contributed by atoms with Crippen molar-refractivity contribution in [3.8, 4) is 23.0 Å². The van der Waals surface area contributed by atoms with E-state index < -0.39 is 11.9 Å². The van der Waals surface area contributed by atoms with Crippen LogP contribution in [0.5, 0.6) is 23.0 Å². The van der Waals surface area contributed by atoms with Gasteiger partial charge in [-0.05, 0) is 36.4 Å². The predicted octanol–water partition coefficient (Wildman–Crippen LogP) is 1.82. The number of rotatable bonds is 8. The summed E-state index contributed by atoms with van der Waals surface area (Å²) >= 11 is 0. The van der Waals surface area contributed by atoms with Gasteiger partial charge in [0.15, 0.2) is 11.5 Å². The molecule has 25 heavy (non-hydrogen) atoms. The monoisotopic (exact) mass is 346 g/mol. The number of benzene rings is 2. The molecule has 0 aliphatic rings. The molecule has 2 N–H and O–H groups in total. The van der Waals surface area contributed by atoms with Gasteiger partial charge in [0.25, 0.3) is 0 Å². The average Bonchev–Trinajstić information content (AvgIpc) is 2.61. The van der Waals surface area contributed by atoms with E-state index in [1.807, 2.05) is 0 Å². The average molecular weight is 346 g/mol. The highest BCUT2D eigenvalue weighted by Gasteiger charge is 2.13. The maximum absolute atomic E-state index is 10.9. The molecule has 0 atom stereocenters. The number of hydrogen-bond donors (Lipinski definition) is 2. The summed E-state index contributed by atoms with van der Waals surface area (Å²) in [4.78, 5) is 21.9. The quantitative estimate of drug-likeness (QED) is 0.697. The van der Waals surface area contributed by atoms with Crippen LogP contribution in [0.15, 0.2) is 36.4 Å². The molecule has 0 amide bonds. The number of aromatic carboxylic acids is 2. The van der Waals surface area contributed by atoms with Gasteiger partial charge in [-0.3, -0.25) is 0 Å². The number of hydrogen-bond acceptors (Lipinski definition) is 6. The van der Waals surface area contributed by atoms with Crippen LogP contribution in [0.2, 0.25) is 0 Å². The van der Waals surface area contributed by atoms with E-state index in [0.717, 1.165) is 0 Å². The summed E-state index contributed by atoms with van der Waals surface area (Å²) in [5.74, 6) is -1.07. The fraction of sp³-hybridized carbons (Fsp3) is 0.125. The molecule has 8 nitrogen and oxygen atoms in total. The third kappa shape index (κ3) is 4.34. The molecular weight excluding hydrogens is 331 g/mol. The first kappa shape index (κ1) is 18.0. The van der Waals surface area contributed by atoms with Crippen molar-refractivity contribution in [3.05, 3.63) is 47.5 Å². The minimum absolute atomic E-state index is 0.0658. The lowest BCUT2D eigenvalue weighted by Gasteiger charge is -2.13. The van der Waals surface area contributed by atoms with Gasteiger partial charge in [0.1, 0.15) is 11.5 Å². The van der Waals surface area contributed by atoms with Crippen LogP contribution in [-0.4, -0.2) is 44.1 Å². The van der Waals surface area contributed by atoms with Crippen LogP contribution in [0, 0.1) is 0 Å². The van der Waals surface area contributed by atoms with E-state index in [1.54, 1.807) is 0 Å². The third-order valence-corrected chi connectivity index (χ3v) is 3.25. The fourth-order valence-electron chi connectivity index (χ4n) is 2.00. The molecule has 130 valence electrons. The Morgan fingerprint density at radius 3 is 1.48 bits per heavy atom. The van der Waals surface area contributed by atoms with E-state index in [1.165, 1.54) is 50.6 Å². The Balaban J connectivity index is 2.08. The highest BCUT2D eigenvalue weighted by Crippen LogP contribution is 2.30. The minimum atomic E-state index is -1.08. The SMILES string of the molecule is COc1cc(C(=O)O)ccc1OBOc1ccc(C(=O)O)cc1OC. The summed E-state index contributed by atoms with van der Waals surface area (Å²) in [5.41, 5.74) is 0.132. The van der Waals surface area contributed by atoms with Gasteiger partial charge in [0, 0.05) is 0 Å². The molecule has 0 saturated heterocycles. The fourth-order valence-corrected chi connectivity index (χ4v) is 2.00. The van der Waals surface area contributed by atoms with Gasteiger partial charge in [0.05, 0.1) is 25.3 Å². The molecule has 0 aliphatic carbocycles. The van der Waals surface area contributed by atoms with Gasteiger partial charge >= 0.3 is 19.6 Å². The Morgan fingerprint density at radius 1 is 0.760 bits per heavy atom. The van der Waals surface area contributed by atoms with Crippen LogP contribution in [0.3, 0.4) is 0 Å². The molecule has 0 aliphatic heterocycles. The second kappa shape index (κ2) is 7.96. The summed E-state index contributed by atoms with van der Waals surface area (Å²) < 4.78 is 21.0. The van der Waals surface area contributed by atoms with Crippen molar-refractivity contribution in [3.63, 3.8) is 0 Å². The summed E-state index contributed by atoms with van der Waals surface area (Å²) in [6.45, 7) is 0. The normalized spacial score (nSPS) is 9.84. The van der Waals surface area contributed by atoms with E-state index in [9.17, 15) is 9.59 Å². The highest BCUT2D eigenvalue weighted by molar-refractivity contribution is 6.21. The molecule has 0 fully saturated rings. The molecule has 0 bridgehead atoms. The van der Waals surface area contributed by atoms with Crippen LogP contribution < -0.4 is 18.8 Å². The molecule has 0 spiro atoms. The topological polar surface area (TPSA) is 112 Å². The summed E-state index contributed by atoms with van der Waals surface area (Å²) in [7, 11) is 2.57. The van der Waals surface area contributed by atoms with Crippen LogP contribution in [-0.2, 0) is 0 Å². The smallest absolute Gasteiger partial charge is 0.526 e. The number of methoxy groups -OCH3 is 2. The molecule has 0 saturated carbocycles. The Labute approximate surface area is 143 Å². The van der Waals surface area contributed by atoms with Crippen molar-refractivity contribution < 1.29 is 38.6 Å². The van der Waals surface area contributed by atoms with Crippen molar-refractivity contribution in [1.82, 2.24) is 0 Å². The molecule has 9 heteroatoms. The summed E-state index contributed by atoms with van der Waals surface area (Å²) in [6.07, 6.45) is 0.